The van der Waals surface area contributed by atoms with Crippen LogP contribution in [-0.4, -0.2) is 26.6 Å². The highest BCUT2D eigenvalue weighted by Crippen LogP contribution is 2.51. The summed E-state index contributed by atoms with van der Waals surface area (Å²) >= 11 is 1.84. The van der Waals surface area contributed by atoms with Crippen LogP contribution < -0.4 is 0 Å². The number of rotatable bonds is 7. The van der Waals surface area contributed by atoms with E-state index in [1.54, 1.807) is 6.20 Å². The third-order valence-electron chi connectivity index (χ3n) is 3.87. The number of hydrogen-bond acceptors (Lipinski definition) is 3. The fraction of sp³-hybridized carbons (Fsp3) is 0.375. The van der Waals surface area contributed by atoms with Crippen LogP contribution in [0.2, 0.25) is 0 Å². The molecule has 0 bridgehead atoms. The topological polar surface area (TPSA) is 55.1 Å². The fourth-order valence-electron chi connectivity index (χ4n) is 2.42. The van der Waals surface area contributed by atoms with Crippen LogP contribution in [0.5, 0.6) is 0 Å². The molecule has 5 heteroatoms. The highest BCUT2D eigenvalue weighted by atomic mass is 32.2. The lowest BCUT2D eigenvalue weighted by Gasteiger charge is -2.11. The van der Waals surface area contributed by atoms with Crippen LogP contribution in [0.1, 0.15) is 24.8 Å². The maximum Gasteiger partial charge on any atom is 0.303 e. The van der Waals surface area contributed by atoms with Crippen LogP contribution in [-0.2, 0) is 10.5 Å². The Balaban J connectivity index is 1.51. The van der Waals surface area contributed by atoms with Gasteiger partial charge >= 0.3 is 5.97 Å². The van der Waals surface area contributed by atoms with Crippen molar-refractivity contribution in [3.05, 3.63) is 48.3 Å². The summed E-state index contributed by atoms with van der Waals surface area (Å²) in [7, 11) is 0. The van der Waals surface area contributed by atoms with Gasteiger partial charge in [-0.2, -0.15) is 16.9 Å². The molecule has 1 aliphatic carbocycles. The van der Waals surface area contributed by atoms with Crippen molar-refractivity contribution in [3.8, 4) is 5.69 Å². The molecule has 1 heterocycles. The number of hydrogen-bond donors (Lipinski definition) is 1. The number of carbonyl (C=O) groups is 1. The molecule has 1 aromatic heterocycles. The van der Waals surface area contributed by atoms with Gasteiger partial charge in [-0.05, 0) is 47.8 Å². The minimum atomic E-state index is -0.670. The van der Waals surface area contributed by atoms with Gasteiger partial charge in [0.2, 0.25) is 0 Å². The first-order valence-electron chi connectivity index (χ1n) is 7.05. The van der Waals surface area contributed by atoms with E-state index in [-0.39, 0.29) is 5.41 Å². The number of aliphatic carboxylic acids is 1. The van der Waals surface area contributed by atoms with Crippen molar-refractivity contribution in [1.29, 1.82) is 0 Å². The number of carboxylic acids is 1. The van der Waals surface area contributed by atoms with Gasteiger partial charge in [0.25, 0.3) is 0 Å². The van der Waals surface area contributed by atoms with Gasteiger partial charge < -0.3 is 5.11 Å². The molecule has 110 valence electrons. The van der Waals surface area contributed by atoms with Gasteiger partial charge in [0.05, 0.1) is 12.1 Å². The van der Waals surface area contributed by atoms with Crippen molar-refractivity contribution in [2.45, 2.75) is 25.0 Å². The third kappa shape index (κ3) is 3.67. The molecule has 21 heavy (non-hydrogen) atoms. The summed E-state index contributed by atoms with van der Waals surface area (Å²) in [5.74, 6) is 1.21. The minimum absolute atomic E-state index is 0.0749. The van der Waals surface area contributed by atoms with Crippen LogP contribution in [0, 0.1) is 5.41 Å². The van der Waals surface area contributed by atoms with E-state index in [1.807, 2.05) is 28.7 Å². The van der Waals surface area contributed by atoms with Crippen molar-refractivity contribution in [2.24, 2.45) is 5.41 Å². The number of benzene rings is 1. The average Bonchev–Trinajstić information content (AvgIpc) is 3.01. The molecular formula is C16H18N2O2S. The van der Waals surface area contributed by atoms with E-state index in [0.29, 0.717) is 6.42 Å². The first kappa shape index (κ1) is 14.2. The van der Waals surface area contributed by atoms with Gasteiger partial charge in [0.1, 0.15) is 0 Å². The number of thioether (sulfide) groups is 1. The summed E-state index contributed by atoms with van der Waals surface area (Å²) in [6.45, 7) is 0. The molecule has 4 nitrogen and oxygen atoms in total. The summed E-state index contributed by atoms with van der Waals surface area (Å²) in [5, 5.41) is 13.1. The lowest BCUT2D eigenvalue weighted by Crippen LogP contribution is -2.11. The summed E-state index contributed by atoms with van der Waals surface area (Å²) in [5.41, 5.74) is 2.39. The maximum atomic E-state index is 10.8. The maximum absolute atomic E-state index is 10.8. The minimum Gasteiger partial charge on any atom is -0.481 e. The zero-order valence-electron chi connectivity index (χ0n) is 11.7. The second-order valence-electron chi connectivity index (χ2n) is 5.68. The Morgan fingerprint density at radius 2 is 2.10 bits per heavy atom. The van der Waals surface area contributed by atoms with Crippen molar-refractivity contribution in [2.75, 3.05) is 5.75 Å². The van der Waals surface area contributed by atoms with E-state index in [2.05, 4.69) is 29.4 Å². The molecule has 0 spiro atoms. The zero-order chi connectivity index (χ0) is 14.7. The van der Waals surface area contributed by atoms with Crippen molar-refractivity contribution in [3.63, 3.8) is 0 Å². The Kier molecular flexibility index (Phi) is 4.01. The molecule has 2 aromatic rings. The molecule has 0 saturated heterocycles. The molecule has 3 rings (SSSR count). The summed E-state index contributed by atoms with van der Waals surface area (Å²) in [6.07, 6.45) is 6.13. The van der Waals surface area contributed by atoms with E-state index < -0.39 is 5.97 Å². The highest BCUT2D eigenvalue weighted by Gasteiger charge is 2.43. The first-order chi connectivity index (χ1) is 10.2. The van der Waals surface area contributed by atoms with Gasteiger partial charge in [-0.1, -0.05) is 12.1 Å². The van der Waals surface area contributed by atoms with E-state index >= 15 is 0 Å². The SMILES string of the molecule is O=C(O)CC1(CSCc2ccc(-n3cccn3)cc2)CC1. The fourth-order valence-corrected chi connectivity index (χ4v) is 3.78. The lowest BCUT2D eigenvalue weighted by atomic mass is 10.1. The quantitative estimate of drug-likeness (QED) is 0.852. The van der Waals surface area contributed by atoms with Gasteiger partial charge in [-0.3, -0.25) is 4.79 Å². The van der Waals surface area contributed by atoms with Gasteiger partial charge in [-0.25, -0.2) is 4.68 Å². The molecule has 1 fully saturated rings. The molecule has 0 radical (unpaired) electrons. The Labute approximate surface area is 128 Å². The summed E-state index contributed by atoms with van der Waals surface area (Å²) < 4.78 is 1.84. The normalized spacial score (nSPS) is 15.8. The molecule has 0 atom stereocenters. The predicted molar refractivity (Wildman–Crippen MR) is 83.6 cm³/mol. The van der Waals surface area contributed by atoms with Crippen LogP contribution >= 0.6 is 11.8 Å². The van der Waals surface area contributed by atoms with Crippen LogP contribution in [0.4, 0.5) is 0 Å². The van der Waals surface area contributed by atoms with Gasteiger partial charge in [0, 0.05) is 18.1 Å². The van der Waals surface area contributed by atoms with Crippen molar-refractivity contribution < 1.29 is 9.90 Å². The van der Waals surface area contributed by atoms with Crippen LogP contribution in [0.15, 0.2) is 42.7 Å². The molecule has 1 aliphatic rings. The Morgan fingerprint density at radius 3 is 2.67 bits per heavy atom. The van der Waals surface area contributed by atoms with Gasteiger partial charge in [-0.15, -0.1) is 0 Å². The van der Waals surface area contributed by atoms with E-state index in [1.165, 1.54) is 5.56 Å². The van der Waals surface area contributed by atoms with Crippen molar-refractivity contribution >= 4 is 17.7 Å². The second-order valence-corrected chi connectivity index (χ2v) is 6.67. The Morgan fingerprint density at radius 1 is 1.33 bits per heavy atom. The van der Waals surface area contributed by atoms with Crippen LogP contribution in [0.3, 0.4) is 0 Å². The van der Waals surface area contributed by atoms with Crippen molar-refractivity contribution in [1.82, 2.24) is 9.78 Å². The average molecular weight is 302 g/mol. The number of aromatic nitrogens is 2. The highest BCUT2D eigenvalue weighted by molar-refractivity contribution is 7.98. The molecular weight excluding hydrogens is 284 g/mol. The smallest absolute Gasteiger partial charge is 0.303 e. The molecule has 0 aliphatic heterocycles. The summed E-state index contributed by atoms with van der Waals surface area (Å²) in [6, 6.07) is 10.3. The molecule has 0 amide bonds. The number of nitrogens with zero attached hydrogens (tertiary/aromatic N) is 2. The largest absolute Gasteiger partial charge is 0.481 e. The lowest BCUT2D eigenvalue weighted by molar-refractivity contribution is -0.138. The van der Waals surface area contributed by atoms with E-state index in [0.717, 1.165) is 30.0 Å². The Bertz CT molecular complexity index is 604. The zero-order valence-corrected chi connectivity index (χ0v) is 12.6. The standard InChI is InChI=1S/C16H18N2O2S/c19-15(20)10-16(6-7-16)12-21-11-13-2-4-14(5-3-13)18-9-1-8-17-18/h1-5,8-9H,6-7,10-12H2,(H,19,20). The monoisotopic (exact) mass is 302 g/mol. The third-order valence-corrected chi connectivity index (χ3v) is 5.22. The Hall–Kier alpha value is -1.75. The molecule has 0 unspecified atom stereocenters. The predicted octanol–water partition coefficient (Wildman–Crippen LogP) is 3.36. The molecule has 1 aromatic carbocycles. The van der Waals surface area contributed by atoms with Gasteiger partial charge in [0.15, 0.2) is 0 Å². The second kappa shape index (κ2) is 5.93. The number of carboxylic acid groups (broad SMARTS) is 1. The molecule has 1 saturated carbocycles. The van der Waals surface area contributed by atoms with E-state index in [4.69, 9.17) is 5.11 Å². The molecule has 1 N–H and O–H groups in total. The van der Waals surface area contributed by atoms with E-state index in [9.17, 15) is 4.79 Å². The van der Waals surface area contributed by atoms with Crippen LogP contribution in [0.25, 0.3) is 5.69 Å². The summed E-state index contributed by atoms with van der Waals surface area (Å²) in [4.78, 5) is 10.8. The first-order valence-corrected chi connectivity index (χ1v) is 8.21.